The molecule has 0 aliphatic rings. The highest BCUT2D eigenvalue weighted by molar-refractivity contribution is 5.46. The van der Waals surface area contributed by atoms with Crippen molar-refractivity contribution in [3.63, 3.8) is 0 Å². The van der Waals surface area contributed by atoms with Gasteiger partial charge in [0.25, 0.3) is 0 Å². The fraction of sp³-hybridized carbons (Fsp3) is 0.308. The molecule has 1 N–H and O–H groups in total. The van der Waals surface area contributed by atoms with Gasteiger partial charge in [-0.15, -0.1) is 0 Å². The van der Waals surface area contributed by atoms with Crippen LogP contribution in [-0.4, -0.2) is 43.5 Å². The Morgan fingerprint density at radius 3 is 2.23 bits per heavy atom. The second kappa shape index (κ2) is 11.4. The second-order valence-corrected chi connectivity index (χ2v) is 7.54. The highest BCUT2D eigenvalue weighted by Gasteiger charge is 2.18. The van der Waals surface area contributed by atoms with E-state index in [-0.39, 0.29) is 6.61 Å². The van der Waals surface area contributed by atoms with Crippen LogP contribution in [0.5, 0.6) is 17.2 Å². The van der Waals surface area contributed by atoms with Gasteiger partial charge in [-0.1, -0.05) is 60.7 Å². The van der Waals surface area contributed by atoms with Gasteiger partial charge in [0.15, 0.2) is 11.5 Å². The summed E-state index contributed by atoms with van der Waals surface area (Å²) in [5.74, 6) is 2.21. The number of aliphatic hydroxyl groups excluding tert-OH is 1. The lowest BCUT2D eigenvalue weighted by Crippen LogP contribution is -2.35. The van der Waals surface area contributed by atoms with Crippen molar-refractivity contribution in [2.45, 2.75) is 26.1 Å². The van der Waals surface area contributed by atoms with Gasteiger partial charge in [0.2, 0.25) is 0 Å². The van der Waals surface area contributed by atoms with Gasteiger partial charge in [0.1, 0.15) is 18.5 Å². The zero-order valence-electron chi connectivity index (χ0n) is 18.5. The molecular weight excluding hydrogens is 390 g/mol. The van der Waals surface area contributed by atoms with Crippen molar-refractivity contribution < 1.29 is 19.3 Å². The molecule has 3 rings (SSSR count). The van der Waals surface area contributed by atoms with Crippen LogP contribution < -0.4 is 14.2 Å². The first kappa shape index (κ1) is 22.7. The SMILES string of the molecule is COc1cccc(CN(Cc2ccccc2)C[C@H](O)COc2ccccc2C)c1OC. The molecule has 0 saturated heterocycles. The zero-order valence-corrected chi connectivity index (χ0v) is 18.5. The Kier molecular flexibility index (Phi) is 8.33. The molecule has 31 heavy (non-hydrogen) atoms. The summed E-state index contributed by atoms with van der Waals surface area (Å²) in [6, 6.07) is 23.9. The molecule has 0 amide bonds. The molecule has 5 heteroatoms. The highest BCUT2D eigenvalue weighted by atomic mass is 16.5. The molecule has 0 aliphatic heterocycles. The van der Waals surface area contributed by atoms with Crippen LogP contribution in [0.4, 0.5) is 0 Å². The first-order chi connectivity index (χ1) is 15.1. The monoisotopic (exact) mass is 421 g/mol. The summed E-state index contributed by atoms with van der Waals surface area (Å²) >= 11 is 0. The predicted molar refractivity (Wildman–Crippen MR) is 123 cm³/mol. The van der Waals surface area contributed by atoms with Crippen molar-refractivity contribution in [3.8, 4) is 17.2 Å². The van der Waals surface area contributed by atoms with Crippen LogP contribution in [-0.2, 0) is 13.1 Å². The first-order valence-electron chi connectivity index (χ1n) is 10.4. The van der Waals surface area contributed by atoms with Gasteiger partial charge < -0.3 is 19.3 Å². The molecule has 0 unspecified atom stereocenters. The number of hydrogen-bond donors (Lipinski definition) is 1. The van der Waals surface area contributed by atoms with Crippen LogP contribution in [0.3, 0.4) is 0 Å². The molecular formula is C26H31NO4. The van der Waals surface area contributed by atoms with Crippen molar-refractivity contribution in [1.82, 2.24) is 4.90 Å². The van der Waals surface area contributed by atoms with E-state index < -0.39 is 6.10 Å². The quantitative estimate of drug-likeness (QED) is 0.496. The van der Waals surface area contributed by atoms with E-state index in [1.807, 2.05) is 67.6 Å². The Hall–Kier alpha value is -3.02. The first-order valence-corrected chi connectivity index (χ1v) is 10.4. The van der Waals surface area contributed by atoms with E-state index in [9.17, 15) is 5.11 Å². The molecule has 0 fully saturated rings. The number of benzene rings is 3. The van der Waals surface area contributed by atoms with Crippen LogP contribution in [0.1, 0.15) is 16.7 Å². The van der Waals surface area contributed by atoms with Crippen molar-refractivity contribution in [1.29, 1.82) is 0 Å². The molecule has 5 nitrogen and oxygen atoms in total. The fourth-order valence-corrected chi connectivity index (χ4v) is 3.60. The Balaban J connectivity index is 1.73. The maximum atomic E-state index is 10.7. The Morgan fingerprint density at radius 1 is 0.806 bits per heavy atom. The van der Waals surface area contributed by atoms with Crippen LogP contribution >= 0.6 is 0 Å². The minimum atomic E-state index is -0.639. The minimum Gasteiger partial charge on any atom is -0.493 e. The van der Waals surface area contributed by atoms with Crippen LogP contribution in [0.25, 0.3) is 0 Å². The maximum absolute atomic E-state index is 10.7. The smallest absolute Gasteiger partial charge is 0.165 e. The lowest BCUT2D eigenvalue weighted by molar-refractivity contribution is 0.0623. The van der Waals surface area contributed by atoms with Gasteiger partial charge in [0.05, 0.1) is 14.2 Å². The average Bonchev–Trinajstić information content (AvgIpc) is 2.79. The summed E-state index contributed by atoms with van der Waals surface area (Å²) in [5.41, 5.74) is 3.23. The van der Waals surface area contributed by atoms with Crippen molar-refractivity contribution in [2.75, 3.05) is 27.4 Å². The normalized spacial score (nSPS) is 11.9. The van der Waals surface area contributed by atoms with Crippen molar-refractivity contribution in [2.24, 2.45) is 0 Å². The molecule has 0 aromatic heterocycles. The highest BCUT2D eigenvalue weighted by Crippen LogP contribution is 2.31. The van der Waals surface area contributed by atoms with E-state index >= 15 is 0 Å². The number of hydrogen-bond acceptors (Lipinski definition) is 5. The third-order valence-electron chi connectivity index (χ3n) is 5.12. The molecule has 3 aromatic rings. The van der Waals surface area contributed by atoms with E-state index in [1.165, 1.54) is 5.56 Å². The number of aryl methyl sites for hydroxylation is 1. The Labute approximate surface area is 184 Å². The average molecular weight is 422 g/mol. The third-order valence-corrected chi connectivity index (χ3v) is 5.12. The standard InChI is InChI=1S/C26H31NO4/c1-20-10-7-8-14-24(20)31-19-23(28)18-27(16-21-11-5-4-6-12-21)17-22-13-9-15-25(29-2)26(22)30-3/h4-15,23,28H,16-19H2,1-3H3/t23-/m0/s1. The van der Waals surface area contributed by atoms with Gasteiger partial charge in [-0.2, -0.15) is 0 Å². The second-order valence-electron chi connectivity index (χ2n) is 7.54. The molecule has 1 atom stereocenters. The van der Waals surface area contributed by atoms with Crippen molar-refractivity contribution >= 4 is 0 Å². The number of nitrogens with zero attached hydrogens (tertiary/aromatic N) is 1. The number of para-hydroxylation sites is 2. The van der Waals surface area contributed by atoms with E-state index in [0.29, 0.717) is 31.1 Å². The van der Waals surface area contributed by atoms with Crippen LogP contribution in [0.2, 0.25) is 0 Å². The molecule has 0 radical (unpaired) electrons. The lowest BCUT2D eigenvalue weighted by Gasteiger charge is -2.26. The summed E-state index contributed by atoms with van der Waals surface area (Å²) in [6.07, 6.45) is -0.639. The van der Waals surface area contributed by atoms with Crippen molar-refractivity contribution in [3.05, 3.63) is 89.5 Å². The van der Waals surface area contributed by atoms with E-state index in [2.05, 4.69) is 17.0 Å². The molecule has 0 bridgehead atoms. The zero-order chi connectivity index (χ0) is 22.1. The number of ether oxygens (including phenoxy) is 3. The third kappa shape index (κ3) is 6.48. The summed E-state index contributed by atoms with van der Waals surface area (Å²) in [6.45, 7) is 3.99. The Morgan fingerprint density at radius 2 is 1.52 bits per heavy atom. The van der Waals surface area contributed by atoms with Crippen LogP contribution in [0, 0.1) is 6.92 Å². The summed E-state index contributed by atoms with van der Waals surface area (Å²) in [4.78, 5) is 2.19. The topological polar surface area (TPSA) is 51.2 Å². The summed E-state index contributed by atoms with van der Waals surface area (Å²) < 4.78 is 16.9. The predicted octanol–water partition coefficient (Wildman–Crippen LogP) is 4.45. The molecule has 0 heterocycles. The largest absolute Gasteiger partial charge is 0.493 e. The van der Waals surface area contributed by atoms with Gasteiger partial charge in [-0.3, -0.25) is 4.90 Å². The fourth-order valence-electron chi connectivity index (χ4n) is 3.60. The van der Waals surface area contributed by atoms with Gasteiger partial charge in [-0.05, 0) is 30.2 Å². The van der Waals surface area contributed by atoms with E-state index in [0.717, 1.165) is 16.9 Å². The van der Waals surface area contributed by atoms with Crippen LogP contribution in [0.15, 0.2) is 72.8 Å². The van der Waals surface area contributed by atoms with Gasteiger partial charge in [-0.25, -0.2) is 0 Å². The number of methoxy groups -OCH3 is 2. The van der Waals surface area contributed by atoms with E-state index in [1.54, 1.807) is 14.2 Å². The Bertz CT molecular complexity index is 945. The van der Waals surface area contributed by atoms with Gasteiger partial charge >= 0.3 is 0 Å². The number of aliphatic hydroxyl groups is 1. The molecule has 3 aromatic carbocycles. The summed E-state index contributed by atoms with van der Waals surface area (Å²) in [7, 11) is 3.28. The lowest BCUT2D eigenvalue weighted by atomic mass is 10.1. The molecule has 0 saturated carbocycles. The molecule has 0 aliphatic carbocycles. The molecule has 164 valence electrons. The maximum Gasteiger partial charge on any atom is 0.165 e. The number of rotatable bonds is 11. The minimum absolute atomic E-state index is 0.228. The molecule has 0 spiro atoms. The van der Waals surface area contributed by atoms with E-state index in [4.69, 9.17) is 14.2 Å². The van der Waals surface area contributed by atoms with Gasteiger partial charge in [0, 0.05) is 25.2 Å². The summed E-state index contributed by atoms with van der Waals surface area (Å²) in [5, 5.41) is 10.7.